The summed E-state index contributed by atoms with van der Waals surface area (Å²) >= 11 is 3.45. The minimum atomic E-state index is -1.12. The number of rotatable bonds is 11. The van der Waals surface area contributed by atoms with Crippen LogP contribution < -0.4 is 0 Å². The Morgan fingerprint density at radius 1 is 1.26 bits per heavy atom. The van der Waals surface area contributed by atoms with Gasteiger partial charge in [0.25, 0.3) is 0 Å². The highest BCUT2D eigenvalue weighted by Gasteiger charge is 2.19. The Morgan fingerprint density at radius 2 is 2.04 bits per heavy atom. The second-order valence-corrected chi connectivity index (χ2v) is 13.9. The fraction of sp³-hybridized carbons (Fsp3) is 0.611. The Labute approximate surface area is 170 Å². The van der Waals surface area contributed by atoms with E-state index in [4.69, 9.17) is 9.47 Å². The number of aromatic nitrogens is 4. The van der Waals surface area contributed by atoms with E-state index in [1.54, 1.807) is 23.9 Å². The molecule has 0 unspecified atom stereocenters. The highest BCUT2D eigenvalue weighted by atomic mass is 79.9. The van der Waals surface area contributed by atoms with Crippen LogP contribution in [-0.2, 0) is 22.7 Å². The maximum atomic E-state index is 12.1. The van der Waals surface area contributed by atoms with Gasteiger partial charge in [-0.05, 0) is 25.5 Å². The van der Waals surface area contributed by atoms with Gasteiger partial charge in [0.1, 0.15) is 6.73 Å². The summed E-state index contributed by atoms with van der Waals surface area (Å²) in [5.74, 6) is -0.409. The van der Waals surface area contributed by atoms with E-state index in [0.717, 1.165) is 35.8 Å². The number of carbonyl (C=O) groups is 1. The number of ether oxygens (including phenoxy) is 2. The molecule has 2 rings (SSSR count). The molecule has 0 atom stereocenters. The lowest BCUT2D eigenvalue weighted by atomic mass is 10.2. The maximum Gasteiger partial charge on any atom is 0.358 e. The van der Waals surface area contributed by atoms with Crippen molar-refractivity contribution in [2.45, 2.75) is 52.3 Å². The van der Waals surface area contributed by atoms with Gasteiger partial charge < -0.3 is 9.47 Å². The lowest BCUT2D eigenvalue weighted by molar-refractivity contribution is 0.0518. The highest BCUT2D eigenvalue weighted by Crippen LogP contribution is 2.22. The van der Waals surface area contributed by atoms with Crippen LogP contribution in [0.25, 0.3) is 11.4 Å². The first kappa shape index (κ1) is 21.8. The van der Waals surface area contributed by atoms with E-state index in [-0.39, 0.29) is 0 Å². The first-order valence-electron chi connectivity index (χ1n) is 9.26. The van der Waals surface area contributed by atoms with E-state index in [1.807, 2.05) is 10.7 Å². The SMILES string of the molecule is CCOC(=O)c1cc(-c2ccnn2COCC[Si](C)(C)C)n(CCCBr)n1. The van der Waals surface area contributed by atoms with Crippen LogP contribution in [0.1, 0.15) is 23.8 Å². The molecule has 0 aliphatic carbocycles. The first-order valence-corrected chi connectivity index (χ1v) is 14.1. The van der Waals surface area contributed by atoms with Gasteiger partial charge in [-0.1, -0.05) is 35.6 Å². The fourth-order valence-corrected chi connectivity index (χ4v) is 3.50. The third-order valence-corrected chi connectivity index (χ3v) is 6.22. The third-order valence-electron chi connectivity index (χ3n) is 3.96. The molecule has 0 aromatic carbocycles. The van der Waals surface area contributed by atoms with Crippen molar-refractivity contribution in [2.75, 3.05) is 18.5 Å². The molecule has 150 valence electrons. The lowest BCUT2D eigenvalue weighted by Crippen LogP contribution is -2.22. The van der Waals surface area contributed by atoms with Gasteiger partial charge in [-0.25, -0.2) is 9.48 Å². The molecule has 27 heavy (non-hydrogen) atoms. The van der Waals surface area contributed by atoms with E-state index in [9.17, 15) is 4.79 Å². The number of hydrogen-bond donors (Lipinski definition) is 0. The summed E-state index contributed by atoms with van der Waals surface area (Å²) in [6.07, 6.45) is 2.64. The van der Waals surface area contributed by atoms with Gasteiger partial charge in [0.15, 0.2) is 5.69 Å². The highest BCUT2D eigenvalue weighted by molar-refractivity contribution is 9.09. The standard InChI is InChI=1S/C18H29BrN4O3Si/c1-5-26-18(24)15-13-17(22(21-15)10-6-8-19)16-7-9-20-23(16)14-25-11-12-27(2,3)4/h7,9,13H,5-6,8,10-12,14H2,1-4H3. The Balaban J connectivity index is 2.18. The molecule has 0 aliphatic heterocycles. The second-order valence-electron chi connectivity index (χ2n) is 7.46. The number of hydrogen-bond acceptors (Lipinski definition) is 5. The number of esters is 1. The van der Waals surface area contributed by atoms with Crippen LogP contribution in [0.3, 0.4) is 0 Å². The van der Waals surface area contributed by atoms with Crippen molar-refractivity contribution >= 4 is 30.0 Å². The zero-order chi connectivity index (χ0) is 19.9. The van der Waals surface area contributed by atoms with Crippen molar-refractivity contribution < 1.29 is 14.3 Å². The van der Waals surface area contributed by atoms with E-state index >= 15 is 0 Å². The molecule has 0 saturated carbocycles. The number of alkyl halides is 1. The van der Waals surface area contributed by atoms with Crippen LogP contribution in [0.2, 0.25) is 25.7 Å². The zero-order valence-corrected chi connectivity index (χ0v) is 19.2. The second kappa shape index (κ2) is 10.2. The summed E-state index contributed by atoms with van der Waals surface area (Å²) in [7, 11) is -1.12. The topological polar surface area (TPSA) is 71.2 Å². The summed E-state index contributed by atoms with van der Waals surface area (Å²) in [4.78, 5) is 12.1. The minimum absolute atomic E-state index is 0.314. The van der Waals surface area contributed by atoms with Crippen molar-refractivity contribution in [3.8, 4) is 11.4 Å². The smallest absolute Gasteiger partial charge is 0.358 e. The fourth-order valence-electron chi connectivity index (χ4n) is 2.49. The molecule has 0 aliphatic rings. The Kier molecular flexibility index (Phi) is 8.24. The molecule has 9 heteroatoms. The molecule has 2 heterocycles. The molecule has 0 amide bonds. The third kappa shape index (κ3) is 6.58. The molecular weight excluding hydrogens is 428 g/mol. The van der Waals surface area contributed by atoms with E-state index in [1.165, 1.54) is 0 Å². The average molecular weight is 457 g/mol. The Morgan fingerprint density at radius 3 is 2.70 bits per heavy atom. The van der Waals surface area contributed by atoms with Crippen LogP contribution in [0.5, 0.6) is 0 Å². The molecule has 0 fully saturated rings. The van der Waals surface area contributed by atoms with Gasteiger partial charge in [-0.2, -0.15) is 10.2 Å². The van der Waals surface area contributed by atoms with E-state index in [0.29, 0.717) is 25.6 Å². The zero-order valence-electron chi connectivity index (χ0n) is 16.6. The Hall–Kier alpha value is -1.45. The molecular formula is C18H29BrN4O3Si. The van der Waals surface area contributed by atoms with Crippen LogP contribution in [0.4, 0.5) is 0 Å². The van der Waals surface area contributed by atoms with E-state index < -0.39 is 14.0 Å². The molecule has 0 radical (unpaired) electrons. The van der Waals surface area contributed by atoms with Crippen LogP contribution in [0.15, 0.2) is 18.3 Å². The number of aryl methyl sites for hydroxylation is 1. The largest absolute Gasteiger partial charge is 0.461 e. The van der Waals surface area contributed by atoms with Gasteiger partial charge in [0.2, 0.25) is 0 Å². The van der Waals surface area contributed by atoms with Crippen molar-refractivity contribution in [3.63, 3.8) is 0 Å². The summed E-state index contributed by atoms with van der Waals surface area (Å²) in [5, 5.41) is 9.67. The summed E-state index contributed by atoms with van der Waals surface area (Å²) < 4.78 is 14.6. The number of carbonyl (C=O) groups excluding carboxylic acids is 1. The lowest BCUT2D eigenvalue weighted by Gasteiger charge is -2.16. The van der Waals surface area contributed by atoms with Crippen LogP contribution in [-0.4, -0.2) is 52.1 Å². The summed E-state index contributed by atoms with van der Waals surface area (Å²) in [6.45, 7) is 10.9. The van der Waals surface area contributed by atoms with Crippen molar-refractivity contribution in [1.82, 2.24) is 19.6 Å². The van der Waals surface area contributed by atoms with Crippen molar-refractivity contribution in [1.29, 1.82) is 0 Å². The van der Waals surface area contributed by atoms with Crippen molar-refractivity contribution in [3.05, 3.63) is 24.0 Å². The molecule has 7 nitrogen and oxygen atoms in total. The minimum Gasteiger partial charge on any atom is -0.461 e. The van der Waals surface area contributed by atoms with Crippen LogP contribution >= 0.6 is 15.9 Å². The monoisotopic (exact) mass is 456 g/mol. The van der Waals surface area contributed by atoms with Gasteiger partial charge in [0, 0.05) is 38.8 Å². The summed E-state index contributed by atoms with van der Waals surface area (Å²) in [6, 6.07) is 4.79. The molecule has 0 spiro atoms. The van der Waals surface area contributed by atoms with Gasteiger partial charge in [-0.3, -0.25) is 4.68 Å². The number of halogens is 1. The molecule has 0 saturated heterocycles. The average Bonchev–Trinajstić information content (AvgIpc) is 3.22. The van der Waals surface area contributed by atoms with E-state index in [2.05, 4.69) is 45.8 Å². The van der Waals surface area contributed by atoms with Crippen LogP contribution in [0, 0.1) is 0 Å². The van der Waals surface area contributed by atoms with Gasteiger partial charge in [0.05, 0.1) is 18.0 Å². The Bertz CT molecular complexity index is 739. The molecule has 2 aromatic heterocycles. The predicted molar refractivity (Wildman–Crippen MR) is 112 cm³/mol. The normalized spacial score (nSPS) is 11.7. The number of nitrogens with zero attached hydrogens (tertiary/aromatic N) is 4. The predicted octanol–water partition coefficient (Wildman–Crippen LogP) is 4.02. The molecule has 2 aromatic rings. The summed E-state index contributed by atoms with van der Waals surface area (Å²) in [5.41, 5.74) is 2.03. The van der Waals surface area contributed by atoms with Gasteiger partial charge in [-0.15, -0.1) is 0 Å². The first-order chi connectivity index (χ1) is 12.9. The molecule has 0 bridgehead atoms. The molecule has 0 N–H and O–H groups in total. The maximum absolute atomic E-state index is 12.1. The van der Waals surface area contributed by atoms with Crippen molar-refractivity contribution in [2.24, 2.45) is 0 Å². The van der Waals surface area contributed by atoms with Gasteiger partial charge >= 0.3 is 5.97 Å². The quantitative estimate of drug-likeness (QED) is 0.221.